The lowest BCUT2D eigenvalue weighted by Crippen LogP contribution is -2.48. The van der Waals surface area contributed by atoms with Crippen molar-refractivity contribution in [1.82, 2.24) is 10.0 Å². The van der Waals surface area contributed by atoms with Gasteiger partial charge in [-0.3, -0.25) is 0 Å². The van der Waals surface area contributed by atoms with E-state index in [0.717, 1.165) is 50.1 Å². The van der Waals surface area contributed by atoms with E-state index in [1.165, 1.54) is 12.1 Å². The zero-order valence-electron chi connectivity index (χ0n) is 18.6. The van der Waals surface area contributed by atoms with E-state index in [2.05, 4.69) is 4.98 Å². The molecular formula is C24H24F6N2O3. The van der Waals surface area contributed by atoms with Gasteiger partial charge in [0.1, 0.15) is 6.10 Å². The number of hydrogen-bond donors (Lipinski definition) is 0. The lowest BCUT2D eigenvalue weighted by atomic mass is 9.96. The SMILES string of the molecule is FC(F)(F)c1ccc(OC2[C@@H]3CC[C@@H]2CN(Oc2ccc(C(F)(F)F)cc2OCC2CC2)C3)nc1. The fourth-order valence-corrected chi connectivity index (χ4v) is 4.66. The third kappa shape index (κ3) is 5.60. The van der Waals surface area contributed by atoms with Gasteiger partial charge < -0.3 is 14.3 Å². The van der Waals surface area contributed by atoms with Crippen LogP contribution in [0.15, 0.2) is 36.5 Å². The Labute approximate surface area is 197 Å². The van der Waals surface area contributed by atoms with Gasteiger partial charge in [0.25, 0.3) is 0 Å². The van der Waals surface area contributed by atoms with Crippen molar-refractivity contribution in [3.63, 3.8) is 0 Å². The second-order valence-electron chi connectivity index (χ2n) is 9.41. The maximum absolute atomic E-state index is 13.2. The number of fused-ring (bicyclic) bond motifs is 2. The Morgan fingerprint density at radius 3 is 2.06 bits per heavy atom. The van der Waals surface area contributed by atoms with Crippen molar-refractivity contribution >= 4 is 0 Å². The molecule has 0 N–H and O–H groups in total. The Kier molecular flexibility index (Phi) is 6.23. The molecule has 35 heavy (non-hydrogen) atoms. The molecule has 5 rings (SSSR count). The molecule has 3 fully saturated rings. The number of hydroxylamine groups is 2. The maximum Gasteiger partial charge on any atom is 0.417 e. The predicted octanol–water partition coefficient (Wildman–Crippen LogP) is 5.99. The number of ether oxygens (including phenoxy) is 2. The number of nitrogens with zero attached hydrogens (tertiary/aromatic N) is 2. The first-order chi connectivity index (χ1) is 16.6. The topological polar surface area (TPSA) is 43.8 Å². The summed E-state index contributed by atoms with van der Waals surface area (Å²) in [4.78, 5) is 9.79. The summed E-state index contributed by atoms with van der Waals surface area (Å²) < 4.78 is 89.5. The molecule has 190 valence electrons. The van der Waals surface area contributed by atoms with Crippen LogP contribution in [0, 0.1) is 17.8 Å². The Bertz CT molecular complexity index is 1030. The van der Waals surface area contributed by atoms with Crippen LogP contribution in [0.25, 0.3) is 0 Å². The highest BCUT2D eigenvalue weighted by molar-refractivity contribution is 5.43. The molecule has 2 heterocycles. The number of halogens is 6. The van der Waals surface area contributed by atoms with Crippen LogP contribution in [0.1, 0.15) is 36.8 Å². The van der Waals surface area contributed by atoms with Crippen molar-refractivity contribution in [2.45, 2.75) is 44.1 Å². The zero-order valence-corrected chi connectivity index (χ0v) is 18.6. The molecule has 2 aliphatic carbocycles. The van der Waals surface area contributed by atoms with E-state index in [1.54, 1.807) is 5.06 Å². The first kappa shape index (κ1) is 24.0. The molecule has 1 saturated heterocycles. The molecule has 2 aromatic rings. The van der Waals surface area contributed by atoms with Crippen molar-refractivity contribution in [3.8, 4) is 17.4 Å². The van der Waals surface area contributed by atoms with Crippen LogP contribution in [0.4, 0.5) is 26.3 Å². The molecule has 1 aliphatic heterocycles. The number of aromatic nitrogens is 1. The third-order valence-electron chi connectivity index (χ3n) is 6.70. The fraction of sp³-hybridized carbons (Fsp3) is 0.542. The molecule has 3 aliphatic rings. The van der Waals surface area contributed by atoms with E-state index in [4.69, 9.17) is 14.3 Å². The standard InChI is InChI=1S/C24H24F6N2O3/c25-23(26,27)17-5-7-19(20(9-17)33-13-14-1-2-14)35-32-11-15-3-4-16(12-32)22(15)34-21-8-6-18(10-31-21)24(28,29)30/h5-10,14-16,22H,1-4,11-13H2/t15-,16-/m1/s1. The molecule has 0 amide bonds. The second kappa shape index (κ2) is 9.07. The fourth-order valence-electron chi connectivity index (χ4n) is 4.66. The summed E-state index contributed by atoms with van der Waals surface area (Å²) in [7, 11) is 0. The molecular weight excluding hydrogens is 478 g/mol. The second-order valence-corrected chi connectivity index (χ2v) is 9.41. The Morgan fingerprint density at radius 1 is 0.829 bits per heavy atom. The molecule has 2 saturated carbocycles. The lowest BCUT2D eigenvalue weighted by Gasteiger charge is -2.37. The van der Waals surface area contributed by atoms with Gasteiger partial charge in [-0.1, -0.05) is 0 Å². The normalized spacial score (nSPS) is 24.9. The molecule has 11 heteroatoms. The van der Waals surface area contributed by atoms with Gasteiger partial charge >= 0.3 is 12.4 Å². The van der Waals surface area contributed by atoms with Crippen molar-refractivity contribution in [1.29, 1.82) is 0 Å². The van der Waals surface area contributed by atoms with E-state index < -0.39 is 23.5 Å². The zero-order chi connectivity index (χ0) is 24.8. The number of piperidine rings is 1. The summed E-state index contributed by atoms with van der Waals surface area (Å²) in [6.45, 7) is 1.27. The average Bonchev–Trinajstić information content (AvgIpc) is 3.58. The smallest absolute Gasteiger partial charge is 0.417 e. The summed E-state index contributed by atoms with van der Waals surface area (Å²) >= 11 is 0. The van der Waals surface area contributed by atoms with Gasteiger partial charge in [0.05, 0.1) is 17.7 Å². The lowest BCUT2D eigenvalue weighted by molar-refractivity contribution is -0.139. The van der Waals surface area contributed by atoms with Gasteiger partial charge in [-0.05, 0) is 55.9 Å². The average molecular weight is 502 g/mol. The molecule has 1 aromatic heterocycles. The van der Waals surface area contributed by atoms with Crippen molar-refractivity contribution in [3.05, 3.63) is 47.7 Å². The highest BCUT2D eigenvalue weighted by Gasteiger charge is 2.45. The highest BCUT2D eigenvalue weighted by atomic mass is 19.4. The van der Waals surface area contributed by atoms with Gasteiger partial charge in [0, 0.05) is 37.2 Å². The van der Waals surface area contributed by atoms with E-state index >= 15 is 0 Å². The number of rotatable bonds is 7. The monoisotopic (exact) mass is 502 g/mol. The van der Waals surface area contributed by atoms with E-state index in [9.17, 15) is 26.3 Å². The maximum atomic E-state index is 13.2. The summed E-state index contributed by atoms with van der Waals surface area (Å²) in [5.41, 5.74) is -1.64. The quantitative estimate of drug-likeness (QED) is 0.435. The van der Waals surface area contributed by atoms with Crippen LogP contribution >= 0.6 is 0 Å². The number of alkyl halides is 6. The molecule has 0 spiro atoms. The van der Waals surface area contributed by atoms with Crippen LogP contribution in [-0.2, 0) is 12.4 Å². The molecule has 0 radical (unpaired) electrons. The summed E-state index contributed by atoms with van der Waals surface area (Å²) in [5, 5.41) is 1.70. The third-order valence-corrected chi connectivity index (χ3v) is 6.70. The minimum absolute atomic E-state index is 0.0446. The van der Waals surface area contributed by atoms with E-state index in [-0.39, 0.29) is 35.3 Å². The van der Waals surface area contributed by atoms with Crippen LogP contribution in [0.2, 0.25) is 0 Å². The minimum Gasteiger partial charge on any atom is -0.489 e. The molecule has 1 aromatic carbocycles. The minimum atomic E-state index is -4.49. The molecule has 2 atom stereocenters. The van der Waals surface area contributed by atoms with Crippen molar-refractivity contribution < 1.29 is 40.7 Å². The van der Waals surface area contributed by atoms with Crippen LogP contribution < -0.4 is 14.3 Å². The van der Waals surface area contributed by atoms with Crippen molar-refractivity contribution in [2.24, 2.45) is 17.8 Å². The highest BCUT2D eigenvalue weighted by Crippen LogP contribution is 2.42. The van der Waals surface area contributed by atoms with Gasteiger partial charge in [0.15, 0.2) is 11.5 Å². The predicted molar refractivity (Wildman–Crippen MR) is 112 cm³/mol. The van der Waals surface area contributed by atoms with Gasteiger partial charge in [0.2, 0.25) is 5.88 Å². The summed E-state index contributed by atoms with van der Waals surface area (Å²) in [5.74, 6) is 0.868. The Hall–Kier alpha value is -2.69. The van der Waals surface area contributed by atoms with Crippen LogP contribution in [0.5, 0.6) is 17.4 Å². The molecule has 5 nitrogen and oxygen atoms in total. The van der Waals surface area contributed by atoms with Gasteiger partial charge in [-0.15, -0.1) is 5.06 Å². The first-order valence-corrected chi connectivity index (χ1v) is 11.5. The van der Waals surface area contributed by atoms with E-state index in [0.29, 0.717) is 25.6 Å². The van der Waals surface area contributed by atoms with Crippen LogP contribution in [-0.4, -0.2) is 35.8 Å². The van der Waals surface area contributed by atoms with Gasteiger partial charge in [-0.2, -0.15) is 26.3 Å². The van der Waals surface area contributed by atoms with Crippen molar-refractivity contribution in [2.75, 3.05) is 19.7 Å². The number of hydrogen-bond acceptors (Lipinski definition) is 5. The Morgan fingerprint density at radius 2 is 1.49 bits per heavy atom. The number of pyridine rings is 1. The summed E-state index contributed by atoms with van der Waals surface area (Å²) in [6.07, 6.45) is -4.74. The molecule has 2 bridgehead atoms. The van der Waals surface area contributed by atoms with Gasteiger partial charge in [-0.25, -0.2) is 4.98 Å². The first-order valence-electron chi connectivity index (χ1n) is 11.5. The van der Waals surface area contributed by atoms with Crippen LogP contribution in [0.3, 0.4) is 0 Å². The van der Waals surface area contributed by atoms with E-state index in [1.807, 2.05) is 0 Å². The largest absolute Gasteiger partial charge is 0.489 e. The Balaban J connectivity index is 1.25. The molecule has 0 unspecified atom stereocenters. The summed E-state index contributed by atoms with van der Waals surface area (Å²) in [6, 6.07) is 5.38. The number of benzene rings is 1.